The lowest BCUT2D eigenvalue weighted by Crippen LogP contribution is -2.09. The van der Waals surface area contributed by atoms with Crippen molar-refractivity contribution in [1.82, 2.24) is 38.6 Å². The van der Waals surface area contributed by atoms with Crippen LogP contribution in [-0.4, -0.2) is 38.6 Å². The SMILES string of the molecule is c1ccc(-c2nc(-c3ccccc3)nc(-n3c4ccccc4c4nc5c(-n6c7ccccc7c7cc(N(c8ccccc8)c8ccccc8)ccc76)ccc(-n6c7ccccc7c7cc(N(c8ccccc8)c8ccccc8)ccc76)c5nc43)n2)cc1. The van der Waals surface area contributed by atoms with E-state index in [2.05, 4.69) is 266 Å². The highest BCUT2D eigenvalue weighted by molar-refractivity contribution is 6.15. The fraction of sp³-hybridized carbons (Fsp3) is 0. The van der Waals surface area contributed by atoms with Crippen LogP contribution in [0.25, 0.3) is 117 Å². The second-order valence-corrected chi connectivity index (χ2v) is 21.7. The third kappa shape index (κ3) is 8.22. The van der Waals surface area contributed by atoms with Crippen LogP contribution in [0.2, 0.25) is 0 Å². The van der Waals surface area contributed by atoms with Crippen molar-refractivity contribution in [3.8, 4) is 40.1 Å². The smallest absolute Gasteiger partial charge is 0.240 e. The van der Waals surface area contributed by atoms with Gasteiger partial charge in [-0.15, -0.1) is 0 Å². The Kier molecular flexibility index (Phi) is 11.6. The zero-order valence-corrected chi connectivity index (χ0v) is 46.8. The summed E-state index contributed by atoms with van der Waals surface area (Å²) in [5, 5.41) is 5.36. The molecule has 408 valence electrons. The number of anilines is 6. The summed E-state index contributed by atoms with van der Waals surface area (Å²) in [5.74, 6) is 1.54. The summed E-state index contributed by atoms with van der Waals surface area (Å²) in [5.41, 5.74) is 17.7. The van der Waals surface area contributed by atoms with E-state index in [4.69, 9.17) is 24.9 Å². The van der Waals surface area contributed by atoms with E-state index < -0.39 is 0 Å². The molecule has 5 heterocycles. The first kappa shape index (κ1) is 49.6. The van der Waals surface area contributed by atoms with Crippen molar-refractivity contribution in [3.05, 3.63) is 303 Å². The molecular weight excluding hydrogens is 1060 g/mol. The zero-order chi connectivity index (χ0) is 57.4. The van der Waals surface area contributed by atoms with Crippen LogP contribution < -0.4 is 9.80 Å². The number of aromatic nitrogens is 8. The molecule has 0 fully saturated rings. The van der Waals surface area contributed by atoms with Crippen molar-refractivity contribution in [2.75, 3.05) is 9.80 Å². The van der Waals surface area contributed by atoms with E-state index in [0.717, 1.165) is 122 Å². The third-order valence-electron chi connectivity index (χ3n) is 16.6. The summed E-state index contributed by atoms with van der Waals surface area (Å²) in [6.45, 7) is 0. The Balaban J connectivity index is 0.957. The van der Waals surface area contributed by atoms with Gasteiger partial charge in [-0.3, -0.25) is 4.57 Å². The highest BCUT2D eigenvalue weighted by Gasteiger charge is 2.27. The lowest BCUT2D eigenvalue weighted by molar-refractivity contribution is 0.944. The molecule has 17 aromatic rings. The largest absolute Gasteiger partial charge is 0.310 e. The highest BCUT2D eigenvalue weighted by atomic mass is 15.2. The average molecular weight is 1120 g/mol. The van der Waals surface area contributed by atoms with Crippen molar-refractivity contribution in [2.45, 2.75) is 0 Å². The first-order valence-corrected chi connectivity index (χ1v) is 29.2. The fourth-order valence-electron chi connectivity index (χ4n) is 12.8. The molecule has 0 saturated heterocycles. The molecule has 10 nitrogen and oxygen atoms in total. The lowest BCUT2D eigenvalue weighted by Gasteiger charge is -2.25. The maximum absolute atomic E-state index is 5.98. The molecule has 0 aliphatic heterocycles. The van der Waals surface area contributed by atoms with Gasteiger partial charge in [-0.25, -0.2) is 15.0 Å². The summed E-state index contributed by atoms with van der Waals surface area (Å²) in [6.07, 6.45) is 0. The molecule has 0 aliphatic rings. The first-order chi connectivity index (χ1) is 43.2. The van der Waals surface area contributed by atoms with Crippen molar-refractivity contribution in [1.29, 1.82) is 0 Å². The van der Waals surface area contributed by atoms with Gasteiger partial charge in [0, 0.05) is 72.2 Å². The quantitative estimate of drug-likeness (QED) is 0.128. The van der Waals surface area contributed by atoms with Crippen LogP contribution in [0.15, 0.2) is 303 Å². The van der Waals surface area contributed by atoms with E-state index in [-0.39, 0.29) is 0 Å². The number of rotatable bonds is 11. The number of hydrogen-bond donors (Lipinski definition) is 0. The van der Waals surface area contributed by atoms with E-state index in [1.165, 1.54) is 0 Å². The van der Waals surface area contributed by atoms with Gasteiger partial charge in [0.1, 0.15) is 16.6 Å². The van der Waals surface area contributed by atoms with Gasteiger partial charge in [0.15, 0.2) is 17.3 Å². The third-order valence-corrected chi connectivity index (χ3v) is 16.6. The van der Waals surface area contributed by atoms with Gasteiger partial charge in [-0.05, 0) is 115 Å². The molecule has 0 radical (unpaired) electrons. The molecule has 12 aromatic carbocycles. The van der Waals surface area contributed by atoms with Crippen molar-refractivity contribution >= 4 is 111 Å². The van der Waals surface area contributed by atoms with Gasteiger partial charge in [0.05, 0.1) is 39.0 Å². The first-order valence-electron chi connectivity index (χ1n) is 29.2. The molecule has 17 rings (SSSR count). The molecule has 87 heavy (non-hydrogen) atoms. The van der Waals surface area contributed by atoms with E-state index in [1.807, 2.05) is 60.7 Å². The van der Waals surface area contributed by atoms with Crippen LogP contribution in [0.5, 0.6) is 0 Å². The molecule has 10 heteroatoms. The topological polar surface area (TPSA) is 85.7 Å². The fourth-order valence-corrected chi connectivity index (χ4v) is 12.8. The van der Waals surface area contributed by atoms with Crippen molar-refractivity contribution in [2.24, 2.45) is 0 Å². The average Bonchev–Trinajstić information content (AvgIpc) is 1.65. The van der Waals surface area contributed by atoms with Crippen LogP contribution in [0.3, 0.4) is 0 Å². The van der Waals surface area contributed by atoms with Gasteiger partial charge < -0.3 is 18.9 Å². The molecule has 5 aromatic heterocycles. The van der Waals surface area contributed by atoms with E-state index in [1.54, 1.807) is 0 Å². The van der Waals surface area contributed by atoms with E-state index in [9.17, 15) is 0 Å². The van der Waals surface area contributed by atoms with Crippen molar-refractivity contribution < 1.29 is 0 Å². The predicted molar refractivity (Wildman–Crippen MR) is 356 cm³/mol. The van der Waals surface area contributed by atoms with Gasteiger partial charge in [0.2, 0.25) is 5.95 Å². The van der Waals surface area contributed by atoms with Crippen LogP contribution in [-0.2, 0) is 0 Å². The number of benzene rings is 12. The van der Waals surface area contributed by atoms with Crippen LogP contribution >= 0.6 is 0 Å². The predicted octanol–water partition coefficient (Wildman–Crippen LogP) is 19.4. The minimum absolute atomic E-state index is 0.435. The molecule has 0 atom stereocenters. The number of fused-ring (bicyclic) bond motifs is 10. The Morgan fingerprint density at radius 2 is 0.575 bits per heavy atom. The Morgan fingerprint density at radius 3 is 1.00 bits per heavy atom. The summed E-state index contributed by atoms with van der Waals surface area (Å²) < 4.78 is 6.81. The number of hydrogen-bond acceptors (Lipinski definition) is 7. The maximum Gasteiger partial charge on any atom is 0.240 e. The normalized spacial score (nSPS) is 11.7. The summed E-state index contributed by atoms with van der Waals surface area (Å²) >= 11 is 0. The van der Waals surface area contributed by atoms with Crippen LogP contribution in [0, 0.1) is 0 Å². The molecule has 0 spiro atoms. The molecule has 0 saturated carbocycles. The van der Waals surface area contributed by atoms with Gasteiger partial charge in [-0.2, -0.15) is 9.97 Å². The minimum Gasteiger partial charge on any atom is -0.310 e. The lowest BCUT2D eigenvalue weighted by atomic mass is 10.1. The van der Waals surface area contributed by atoms with E-state index >= 15 is 0 Å². The number of nitrogens with zero attached hydrogens (tertiary/aromatic N) is 10. The van der Waals surface area contributed by atoms with Crippen LogP contribution in [0.4, 0.5) is 34.1 Å². The number of para-hydroxylation sites is 7. The van der Waals surface area contributed by atoms with Gasteiger partial charge in [0.25, 0.3) is 0 Å². The summed E-state index contributed by atoms with van der Waals surface area (Å²) in [4.78, 5) is 32.3. The van der Waals surface area contributed by atoms with Gasteiger partial charge >= 0.3 is 0 Å². The Bertz CT molecular complexity index is 5320. The zero-order valence-electron chi connectivity index (χ0n) is 46.8. The maximum atomic E-state index is 5.98. The highest BCUT2D eigenvalue weighted by Crippen LogP contribution is 2.45. The molecule has 0 aliphatic carbocycles. The second-order valence-electron chi connectivity index (χ2n) is 21.7. The Labute approximate surface area is 500 Å². The monoisotopic (exact) mass is 1110 g/mol. The molecule has 0 N–H and O–H groups in total. The Hall–Kier alpha value is -12.0. The minimum atomic E-state index is 0.435. The molecule has 0 amide bonds. The van der Waals surface area contributed by atoms with Crippen LogP contribution in [0.1, 0.15) is 0 Å². The molecule has 0 bridgehead atoms. The second kappa shape index (κ2) is 20.4. The summed E-state index contributed by atoms with van der Waals surface area (Å²) in [7, 11) is 0. The molecular formula is C77H50N10. The van der Waals surface area contributed by atoms with Crippen molar-refractivity contribution in [3.63, 3.8) is 0 Å². The Morgan fingerprint density at radius 1 is 0.230 bits per heavy atom. The molecule has 0 unspecified atom stereocenters. The van der Waals surface area contributed by atoms with E-state index in [0.29, 0.717) is 28.8 Å². The van der Waals surface area contributed by atoms with Gasteiger partial charge in [-0.1, -0.05) is 188 Å². The summed E-state index contributed by atoms with van der Waals surface area (Å²) in [6, 6.07) is 106. The standard InChI is InChI=1S/C77H50N10/c1-7-25-51(26-8-1)74-80-75(52-27-9-2-10-28-52)82-77(81-74)87-66-42-24-21-39-61(66)71-76(87)79-73-70(86-65-41-23-20-38-60(65)63-50-58(44-46-68(63)86)84(55-33-15-5-16-34-55)56-35-17-6-18-36-56)48-47-69(72(73)78-71)85-64-40-22-19-37-59(64)62-49-57(43-45-67(62)85)83(53-29-11-3-12-30-53)54-31-13-4-14-32-54/h1-50H.